The third-order valence-electron chi connectivity index (χ3n) is 7.19. The summed E-state index contributed by atoms with van der Waals surface area (Å²) in [6.45, 7) is 3.79. The van der Waals surface area contributed by atoms with E-state index in [2.05, 4.69) is 19.5 Å². The van der Waals surface area contributed by atoms with Crippen molar-refractivity contribution in [3.05, 3.63) is 78.8 Å². The normalized spacial score (nSPS) is 15.7. The van der Waals surface area contributed by atoms with E-state index in [1.54, 1.807) is 35.0 Å². The number of rotatable bonds is 5. The van der Waals surface area contributed by atoms with Gasteiger partial charge in [0.15, 0.2) is 0 Å². The fourth-order valence-electron chi connectivity index (χ4n) is 5.20. The number of hydrogen-bond acceptors (Lipinski definition) is 4. The van der Waals surface area contributed by atoms with E-state index in [0.29, 0.717) is 29.3 Å². The number of fused-ring (bicyclic) bond motifs is 2. The molecule has 0 spiro atoms. The first-order chi connectivity index (χ1) is 17.4. The van der Waals surface area contributed by atoms with Crippen molar-refractivity contribution in [1.29, 1.82) is 0 Å². The van der Waals surface area contributed by atoms with Crippen LogP contribution in [0.3, 0.4) is 0 Å². The molecular formula is C27H26FN5O2S. The maximum atomic E-state index is 13.5. The molecule has 1 N–H and O–H groups in total. The number of aromatic amines is 1. The number of halogens is 1. The second-order valence-corrected chi connectivity index (χ2v) is 11.3. The van der Waals surface area contributed by atoms with Gasteiger partial charge in [0.25, 0.3) is 0 Å². The van der Waals surface area contributed by atoms with Gasteiger partial charge in [-0.15, -0.1) is 0 Å². The van der Waals surface area contributed by atoms with Gasteiger partial charge in [0.05, 0.1) is 11.7 Å². The monoisotopic (exact) mass is 503 g/mol. The van der Waals surface area contributed by atoms with Gasteiger partial charge in [-0.05, 0) is 61.1 Å². The lowest BCUT2D eigenvalue weighted by atomic mass is 9.98. The molecule has 0 radical (unpaired) electrons. The predicted molar refractivity (Wildman–Crippen MR) is 137 cm³/mol. The van der Waals surface area contributed by atoms with Gasteiger partial charge in [0, 0.05) is 42.9 Å². The summed E-state index contributed by atoms with van der Waals surface area (Å²) >= 11 is 0. The maximum absolute atomic E-state index is 13.5. The second kappa shape index (κ2) is 8.83. The topological polar surface area (TPSA) is 83.9 Å². The summed E-state index contributed by atoms with van der Waals surface area (Å²) in [5.74, 6) is 1.04. The summed E-state index contributed by atoms with van der Waals surface area (Å²) in [6, 6.07) is 13.9. The van der Waals surface area contributed by atoms with Crippen LogP contribution in [-0.2, 0) is 16.6 Å². The average Bonchev–Trinajstić information content (AvgIpc) is 3.46. The first kappa shape index (κ1) is 22.9. The molecule has 1 aliphatic heterocycles. The second-order valence-electron chi connectivity index (χ2n) is 9.40. The van der Waals surface area contributed by atoms with E-state index < -0.39 is 10.0 Å². The number of piperidine rings is 1. The lowest BCUT2D eigenvalue weighted by Crippen LogP contribution is -2.39. The minimum Gasteiger partial charge on any atom is -0.360 e. The molecule has 0 atom stereocenters. The van der Waals surface area contributed by atoms with Crippen molar-refractivity contribution >= 4 is 32.0 Å². The molecular weight excluding hydrogens is 477 g/mol. The summed E-state index contributed by atoms with van der Waals surface area (Å²) in [6.07, 6.45) is 6.72. The van der Waals surface area contributed by atoms with E-state index in [9.17, 15) is 12.8 Å². The Morgan fingerprint density at radius 3 is 2.58 bits per heavy atom. The molecule has 0 amide bonds. The fourth-order valence-corrected chi connectivity index (χ4v) is 6.83. The molecule has 3 aromatic heterocycles. The number of aromatic nitrogens is 4. The summed E-state index contributed by atoms with van der Waals surface area (Å²) < 4.78 is 44.2. The quantitative estimate of drug-likeness (QED) is 0.361. The third kappa shape index (κ3) is 3.98. The zero-order valence-electron chi connectivity index (χ0n) is 19.9. The molecule has 0 aliphatic carbocycles. The van der Waals surface area contributed by atoms with E-state index in [1.807, 2.05) is 31.2 Å². The molecule has 5 aromatic rings. The molecule has 1 aliphatic rings. The van der Waals surface area contributed by atoms with Crippen LogP contribution in [0.25, 0.3) is 33.1 Å². The number of benzene rings is 2. The zero-order chi connectivity index (χ0) is 24.9. The molecule has 4 heterocycles. The summed E-state index contributed by atoms with van der Waals surface area (Å²) in [4.78, 5) is 12.2. The van der Waals surface area contributed by atoms with Crippen molar-refractivity contribution in [2.75, 3.05) is 13.1 Å². The Kier molecular flexibility index (Phi) is 5.61. The van der Waals surface area contributed by atoms with Gasteiger partial charge in [-0.2, -0.15) is 4.31 Å². The van der Waals surface area contributed by atoms with Crippen molar-refractivity contribution in [3.8, 4) is 11.1 Å². The number of nitrogens with one attached hydrogen (secondary N) is 1. The first-order valence-corrected chi connectivity index (χ1v) is 13.5. The molecule has 7 nitrogen and oxygen atoms in total. The van der Waals surface area contributed by atoms with Gasteiger partial charge in [0.1, 0.15) is 22.1 Å². The molecule has 9 heteroatoms. The Bertz CT molecular complexity index is 1670. The lowest BCUT2D eigenvalue weighted by molar-refractivity contribution is 0.253. The minimum atomic E-state index is -3.63. The number of H-pyrrole nitrogens is 1. The van der Waals surface area contributed by atoms with E-state index in [1.165, 1.54) is 12.1 Å². The highest BCUT2D eigenvalue weighted by Gasteiger charge is 2.31. The number of sulfonamides is 1. The third-order valence-corrected chi connectivity index (χ3v) is 9.13. The highest BCUT2D eigenvalue weighted by Crippen LogP contribution is 2.32. The van der Waals surface area contributed by atoms with Crippen molar-refractivity contribution < 1.29 is 12.8 Å². The largest absolute Gasteiger partial charge is 0.360 e. The highest BCUT2D eigenvalue weighted by molar-refractivity contribution is 7.89. The van der Waals surface area contributed by atoms with Gasteiger partial charge in [-0.3, -0.25) is 4.98 Å². The summed E-state index contributed by atoms with van der Waals surface area (Å²) in [5.41, 5.74) is 4.46. The number of nitrogens with zero attached hydrogens (tertiary/aromatic N) is 4. The number of imidazole rings is 1. The summed E-state index contributed by atoms with van der Waals surface area (Å²) in [7, 11) is -3.63. The standard InChI is InChI=1S/C27H26FN5O2S/c1-18-31-25-15-29-11-8-26(25)33(18)17-19-9-12-32(13-10-19)36(34,35)27-16-30-24-14-21(4-7-23(24)27)20-2-5-22(28)6-3-20/h2-8,11,14-16,19,30H,9-10,12-13,17H2,1H3. The number of pyridine rings is 1. The van der Waals surface area contributed by atoms with Gasteiger partial charge in [-0.25, -0.2) is 17.8 Å². The molecule has 36 heavy (non-hydrogen) atoms. The van der Waals surface area contributed by atoms with Crippen LogP contribution in [0.4, 0.5) is 4.39 Å². The Morgan fingerprint density at radius 1 is 1.06 bits per heavy atom. The Morgan fingerprint density at radius 2 is 1.81 bits per heavy atom. The number of hydrogen-bond donors (Lipinski definition) is 1. The van der Waals surface area contributed by atoms with E-state index in [0.717, 1.165) is 52.9 Å². The van der Waals surface area contributed by atoms with E-state index >= 15 is 0 Å². The zero-order valence-corrected chi connectivity index (χ0v) is 20.7. The minimum absolute atomic E-state index is 0.289. The first-order valence-electron chi connectivity index (χ1n) is 12.0. The van der Waals surface area contributed by atoms with Crippen LogP contribution >= 0.6 is 0 Å². The van der Waals surface area contributed by atoms with Gasteiger partial charge >= 0.3 is 0 Å². The van der Waals surface area contributed by atoms with E-state index in [-0.39, 0.29) is 5.82 Å². The van der Waals surface area contributed by atoms with Crippen LogP contribution in [0.5, 0.6) is 0 Å². The molecule has 0 bridgehead atoms. The van der Waals surface area contributed by atoms with Crippen LogP contribution in [0.15, 0.2) is 72.0 Å². The van der Waals surface area contributed by atoms with Gasteiger partial charge in [0.2, 0.25) is 10.0 Å². The Labute approximate surface area is 208 Å². The van der Waals surface area contributed by atoms with E-state index in [4.69, 9.17) is 0 Å². The maximum Gasteiger partial charge on any atom is 0.245 e. The van der Waals surface area contributed by atoms with Crippen LogP contribution in [0, 0.1) is 18.7 Å². The van der Waals surface area contributed by atoms with Crippen molar-refractivity contribution in [1.82, 2.24) is 23.8 Å². The van der Waals surface area contributed by atoms with Crippen LogP contribution in [0.2, 0.25) is 0 Å². The molecule has 2 aromatic carbocycles. The van der Waals surface area contributed by atoms with Crippen LogP contribution < -0.4 is 0 Å². The van der Waals surface area contributed by atoms with Crippen LogP contribution in [-0.4, -0.2) is 45.3 Å². The molecule has 1 saturated heterocycles. The van der Waals surface area contributed by atoms with Crippen molar-refractivity contribution in [2.45, 2.75) is 31.2 Å². The van der Waals surface area contributed by atoms with Gasteiger partial charge in [-0.1, -0.05) is 24.3 Å². The van der Waals surface area contributed by atoms with Crippen molar-refractivity contribution in [2.24, 2.45) is 5.92 Å². The van der Waals surface area contributed by atoms with Crippen LogP contribution in [0.1, 0.15) is 18.7 Å². The Hall–Kier alpha value is -3.56. The lowest BCUT2D eigenvalue weighted by Gasteiger charge is -2.31. The average molecular weight is 504 g/mol. The fraction of sp³-hybridized carbons (Fsp3) is 0.259. The molecule has 6 rings (SSSR count). The molecule has 0 saturated carbocycles. The van der Waals surface area contributed by atoms with Crippen molar-refractivity contribution in [3.63, 3.8) is 0 Å². The Balaban J connectivity index is 1.19. The van der Waals surface area contributed by atoms with Gasteiger partial charge < -0.3 is 9.55 Å². The molecule has 184 valence electrons. The molecule has 0 unspecified atom stereocenters. The number of aryl methyl sites for hydroxylation is 1. The summed E-state index contributed by atoms with van der Waals surface area (Å²) in [5, 5.41) is 0.664. The SMILES string of the molecule is Cc1nc2cnccc2n1CC1CCN(S(=O)(=O)c2c[nH]c3cc(-c4ccc(F)cc4)ccc23)CC1. The highest BCUT2D eigenvalue weighted by atomic mass is 32.2. The predicted octanol–water partition coefficient (Wildman–Crippen LogP) is 5.13. The molecule has 1 fully saturated rings. The smallest absolute Gasteiger partial charge is 0.245 e.